The van der Waals surface area contributed by atoms with Crippen molar-refractivity contribution in [2.45, 2.75) is 80.6 Å². The predicted molar refractivity (Wildman–Crippen MR) is 129 cm³/mol. The van der Waals surface area contributed by atoms with E-state index >= 15 is 0 Å². The molecule has 6 atom stereocenters. The van der Waals surface area contributed by atoms with Crippen molar-refractivity contribution < 1.29 is 38.7 Å². The quantitative estimate of drug-likeness (QED) is 0.204. The van der Waals surface area contributed by atoms with Gasteiger partial charge in [-0.1, -0.05) is 6.07 Å². The van der Waals surface area contributed by atoms with Gasteiger partial charge < -0.3 is 31.7 Å². The molecule has 3 N–H and O–H groups in total. The molecule has 2 bridgehead atoms. The van der Waals surface area contributed by atoms with E-state index in [4.69, 9.17) is 14.7 Å². The topological polar surface area (TPSA) is 122 Å². The molecule has 6 rings (SSSR count). The highest BCUT2D eigenvalue weighted by Crippen LogP contribution is 2.67. The monoisotopic (exact) mass is 500 g/mol. The van der Waals surface area contributed by atoms with Crippen molar-refractivity contribution in [2.24, 2.45) is 5.92 Å². The van der Waals surface area contributed by atoms with Gasteiger partial charge >= 0.3 is 5.97 Å². The summed E-state index contributed by atoms with van der Waals surface area (Å²) >= 11 is 0. The van der Waals surface area contributed by atoms with E-state index in [0.29, 0.717) is 37.2 Å². The Labute approximate surface area is 211 Å². The van der Waals surface area contributed by atoms with Gasteiger partial charge in [-0.25, -0.2) is 0 Å². The summed E-state index contributed by atoms with van der Waals surface area (Å²) in [6, 6.07) is 2.87. The second-order valence-electron chi connectivity index (χ2n) is 11.5. The highest BCUT2D eigenvalue weighted by molar-refractivity contribution is 5.90. The van der Waals surface area contributed by atoms with Crippen molar-refractivity contribution in [1.29, 1.82) is 0 Å². The summed E-state index contributed by atoms with van der Waals surface area (Å²) in [5, 5.41) is 19.8. The van der Waals surface area contributed by atoms with E-state index in [1.807, 2.05) is 6.07 Å². The van der Waals surface area contributed by atoms with Crippen LogP contribution in [0.2, 0.25) is 0 Å². The number of quaternary nitrogens is 1. The number of benzene rings is 1. The van der Waals surface area contributed by atoms with E-state index in [2.05, 4.69) is 12.5 Å². The number of carboxylic acids is 1. The van der Waals surface area contributed by atoms with Gasteiger partial charge in [-0.3, -0.25) is 14.4 Å². The maximum Gasteiger partial charge on any atom is 0.303 e. The molecule has 2 aliphatic heterocycles. The van der Waals surface area contributed by atoms with Gasteiger partial charge in [-0.15, -0.1) is 0 Å². The van der Waals surface area contributed by atoms with Gasteiger partial charge in [0.1, 0.15) is 12.3 Å². The van der Waals surface area contributed by atoms with Gasteiger partial charge in [-0.05, 0) is 37.3 Å². The Kier molecular flexibility index (Phi) is 5.97. The Hall–Kier alpha value is -2.49. The fraction of sp³-hybridized carbons (Fsp3) is 0.630. The zero-order valence-corrected chi connectivity index (χ0v) is 21.0. The molecule has 1 aromatic carbocycles. The molecule has 0 radical (unpaired) electrons. The number of phenolic OH excluding ortho intramolecular Hbond substituents is 1. The average molecular weight is 501 g/mol. The van der Waals surface area contributed by atoms with Crippen molar-refractivity contribution >= 4 is 18.0 Å². The summed E-state index contributed by atoms with van der Waals surface area (Å²) in [4.78, 5) is 42.8. The van der Waals surface area contributed by atoms with E-state index in [1.165, 1.54) is 12.8 Å². The number of hydrogen-bond donors (Lipinski definition) is 3. The minimum Gasteiger partial charge on any atom is -0.504 e. The first kappa shape index (κ1) is 25.2. The van der Waals surface area contributed by atoms with E-state index in [1.54, 1.807) is 6.07 Å². The number of Topliss-reactive ketones (excluding diaryl/α,β-unsaturated/α-hetero) is 1. The summed E-state index contributed by atoms with van der Waals surface area (Å²) < 4.78 is 7.08. The molecule has 0 unspecified atom stereocenters. The van der Waals surface area contributed by atoms with E-state index in [0.717, 1.165) is 35.1 Å². The second kappa shape index (κ2) is 8.53. The van der Waals surface area contributed by atoms with Crippen molar-refractivity contribution in [3.8, 4) is 11.5 Å². The van der Waals surface area contributed by atoms with Crippen LogP contribution in [0.4, 0.5) is 0 Å². The number of hydrogen-bond acceptors (Lipinski definition) is 7. The fourth-order valence-corrected chi connectivity index (χ4v) is 7.73. The van der Waals surface area contributed by atoms with Crippen LogP contribution in [0.15, 0.2) is 12.1 Å². The number of ketones is 1. The lowest BCUT2D eigenvalue weighted by molar-refractivity contribution is -0.951. The number of ether oxygens (including phenoxy) is 1. The molecule has 0 aromatic heterocycles. The third-order valence-corrected chi connectivity index (χ3v) is 9.46. The fourth-order valence-electron chi connectivity index (χ4n) is 7.73. The van der Waals surface area contributed by atoms with Crippen molar-refractivity contribution in [3.05, 3.63) is 30.7 Å². The highest BCUT2D eigenvalue weighted by atomic mass is 16.7. The van der Waals surface area contributed by atoms with Crippen molar-refractivity contribution in [1.82, 2.24) is 5.48 Å². The Morgan fingerprint density at radius 3 is 2.83 bits per heavy atom. The van der Waals surface area contributed by atoms with Crippen LogP contribution in [0, 0.1) is 13.3 Å². The normalized spacial score (nSPS) is 36.3. The first-order valence-corrected chi connectivity index (χ1v) is 12.7. The Bertz CT molecular complexity index is 1100. The highest BCUT2D eigenvalue weighted by Gasteiger charge is 2.78. The Balaban J connectivity index is 0.00000267. The van der Waals surface area contributed by atoms with Crippen molar-refractivity contribution in [3.63, 3.8) is 0 Å². The Morgan fingerprint density at radius 1 is 1.36 bits per heavy atom. The number of rotatable bonds is 9. The third kappa shape index (κ3) is 3.35. The molecule has 3 fully saturated rings. The SMILES string of the molecule is C[N@+]1(CC2CC2)CC[C@]23c4c5ccc(O)c4O[C@H]2C(=O)CC[C@@]3(ON[C@H](C=O)CCC(=O)O)[C@H]1C5.[CH3-]. The van der Waals surface area contributed by atoms with E-state index in [9.17, 15) is 19.5 Å². The molecule has 2 saturated carbocycles. The van der Waals surface area contributed by atoms with Gasteiger partial charge in [0.25, 0.3) is 0 Å². The zero-order chi connectivity index (χ0) is 24.6. The lowest BCUT2D eigenvalue weighted by Gasteiger charge is -2.65. The number of nitrogens with zero attached hydrogens (tertiary/aromatic N) is 1. The van der Waals surface area contributed by atoms with E-state index in [-0.39, 0.29) is 37.8 Å². The number of phenols is 1. The van der Waals surface area contributed by atoms with Crippen LogP contribution in [0.5, 0.6) is 11.5 Å². The summed E-state index contributed by atoms with van der Waals surface area (Å²) in [5.41, 5.74) is 3.34. The molecule has 1 aromatic rings. The van der Waals surface area contributed by atoms with Gasteiger partial charge in [0.15, 0.2) is 29.0 Å². The van der Waals surface area contributed by atoms with Crippen LogP contribution in [0.3, 0.4) is 0 Å². The maximum atomic E-state index is 13.3. The number of nitrogens with one attached hydrogen (secondary N) is 1. The minimum absolute atomic E-state index is 0. The molecule has 5 aliphatic rings. The lowest BCUT2D eigenvalue weighted by atomic mass is 9.48. The molecule has 196 valence electrons. The van der Waals surface area contributed by atoms with Crippen LogP contribution in [0.25, 0.3) is 0 Å². The molecule has 1 saturated heterocycles. The number of carboxylic acid groups (broad SMARTS) is 1. The number of piperidine rings is 1. The molecule has 9 heteroatoms. The zero-order valence-electron chi connectivity index (χ0n) is 21.0. The average Bonchev–Trinajstić information content (AvgIpc) is 3.55. The lowest BCUT2D eigenvalue weighted by Crippen LogP contribution is -2.82. The number of aliphatic carboxylic acids is 1. The number of likely N-dealkylation sites (tertiary alicyclic amines) is 1. The van der Waals surface area contributed by atoms with E-state index < -0.39 is 29.1 Å². The predicted octanol–water partition coefficient (Wildman–Crippen LogP) is 2.08. The van der Waals surface area contributed by atoms with Crippen LogP contribution < -0.4 is 10.2 Å². The molecule has 3 aliphatic carbocycles. The number of likely N-dealkylation sites (N-methyl/N-ethyl adjacent to an activating group) is 1. The maximum absolute atomic E-state index is 13.3. The smallest absolute Gasteiger partial charge is 0.303 e. The number of aromatic hydroxyl groups is 1. The van der Waals surface area contributed by atoms with Gasteiger partial charge in [-0.2, -0.15) is 5.48 Å². The summed E-state index contributed by atoms with van der Waals surface area (Å²) in [5.74, 6) is 0.164. The molecule has 36 heavy (non-hydrogen) atoms. The van der Waals surface area contributed by atoms with Crippen LogP contribution in [-0.4, -0.2) is 76.7 Å². The number of carbonyl (C=O) groups is 3. The Morgan fingerprint density at radius 2 is 2.14 bits per heavy atom. The number of aldehydes is 1. The first-order chi connectivity index (χ1) is 16.7. The largest absolute Gasteiger partial charge is 0.504 e. The second-order valence-corrected chi connectivity index (χ2v) is 11.5. The summed E-state index contributed by atoms with van der Waals surface area (Å²) in [7, 11) is 2.29. The molecule has 2 heterocycles. The molecule has 0 amide bonds. The van der Waals surface area contributed by atoms with Crippen LogP contribution in [-0.2, 0) is 31.1 Å². The summed E-state index contributed by atoms with van der Waals surface area (Å²) in [6.45, 7) is 1.92. The first-order valence-electron chi connectivity index (χ1n) is 12.7. The van der Waals surface area contributed by atoms with Gasteiger partial charge in [0, 0.05) is 37.2 Å². The van der Waals surface area contributed by atoms with Gasteiger partial charge in [0.05, 0.1) is 31.6 Å². The molecular formula is C27H36N2O7. The molecule has 1 spiro atoms. The summed E-state index contributed by atoms with van der Waals surface area (Å²) in [6.07, 6.45) is 4.56. The van der Waals surface area contributed by atoms with Crippen LogP contribution in [0.1, 0.15) is 56.1 Å². The van der Waals surface area contributed by atoms with Crippen LogP contribution >= 0.6 is 0 Å². The number of hydroxylamine groups is 1. The minimum atomic E-state index is -0.972. The van der Waals surface area contributed by atoms with Crippen molar-refractivity contribution in [2.75, 3.05) is 20.1 Å². The molecule has 9 nitrogen and oxygen atoms in total. The third-order valence-electron chi connectivity index (χ3n) is 9.46. The number of carbonyl (C=O) groups excluding carboxylic acids is 2. The van der Waals surface area contributed by atoms with Gasteiger partial charge in [0.2, 0.25) is 0 Å². The molecular weight excluding hydrogens is 464 g/mol. The standard InChI is InChI=1S/C26H32N2O7.CH3/c1-28(13-15-2-3-15)11-10-25-22-16-4-6-18(30)23(22)34-24(25)19(31)8-9-26(25,20(28)12-16)35-27-17(14-29)5-7-21(32)33;/h4,6,14-15,17,20,24,27H,2-3,5,7-13H2,1H3,(H-,30,32,33);1H3/q;-1/p+1/t17-,20+,24-,25-,26+,28+;/m0./s1.